The summed E-state index contributed by atoms with van der Waals surface area (Å²) in [5.41, 5.74) is 28.7. The van der Waals surface area contributed by atoms with Crippen LogP contribution in [0.5, 0.6) is 0 Å². The summed E-state index contributed by atoms with van der Waals surface area (Å²) in [6.45, 7) is 0. The molecule has 4 aromatic heterocycles. The topological polar surface area (TPSA) is 43.5 Å². The zero-order valence-electron chi connectivity index (χ0n) is 66.2. The van der Waals surface area contributed by atoms with Gasteiger partial charge < -0.3 is 18.3 Å². The Kier molecular flexibility index (Phi) is 17.9. The van der Waals surface area contributed by atoms with E-state index in [4.69, 9.17) is 0 Å². The van der Waals surface area contributed by atoms with Gasteiger partial charge in [-0.2, -0.15) is 5.26 Å². The first-order valence-electron chi connectivity index (χ1n) is 41.4. The molecule has 23 aromatic rings. The van der Waals surface area contributed by atoms with Crippen molar-refractivity contribution in [1.29, 1.82) is 5.26 Å². The molecule has 0 amide bonds. The minimum absolute atomic E-state index is 0.645. The lowest BCUT2D eigenvalue weighted by Gasteiger charge is -2.34. The monoisotopic (exact) mass is 1560 g/mol. The highest BCUT2D eigenvalue weighted by Gasteiger charge is 2.42. The minimum Gasteiger partial charge on any atom is -0.309 e. The third-order valence-corrected chi connectivity index (χ3v) is 29.4. The third kappa shape index (κ3) is 12.5. The number of nitrogens with zero attached hydrogens (tertiary/aromatic N) is 5. The van der Waals surface area contributed by atoms with Crippen molar-refractivity contribution in [3.63, 3.8) is 0 Å². The molecule has 0 atom stereocenters. The van der Waals surface area contributed by atoms with Gasteiger partial charge in [0.1, 0.15) is 0 Å². The molecule has 0 aliphatic carbocycles. The van der Waals surface area contributed by atoms with E-state index in [9.17, 15) is 5.26 Å². The molecule has 4 heterocycles. The van der Waals surface area contributed by atoms with Crippen LogP contribution in [0.4, 0.5) is 0 Å². The van der Waals surface area contributed by atoms with Gasteiger partial charge in [0.25, 0.3) is 0 Å². The number of hydrogen-bond acceptors (Lipinski definition) is 1. The number of hydrogen-bond donors (Lipinski definition) is 0. The maximum atomic E-state index is 9.87. The molecule has 0 unspecified atom stereocenters. The van der Waals surface area contributed by atoms with E-state index in [1.54, 1.807) is 0 Å². The van der Waals surface area contributed by atoms with Gasteiger partial charge in [0, 0.05) is 65.8 Å². The largest absolute Gasteiger partial charge is 0.309 e. The number of para-hydroxylation sites is 4. The summed E-state index contributed by atoms with van der Waals surface area (Å²) in [5.74, 6) is 0. The predicted molar refractivity (Wildman–Crippen MR) is 511 cm³/mol. The minimum atomic E-state index is -2.82. The number of benzene rings is 19. The van der Waals surface area contributed by atoms with E-state index in [2.05, 4.69) is 473 Å². The SMILES string of the molecule is N#Cc1ccc2c3cc(-c4ccc5c(c4)c4ccccc4n5-c4ccccc4)ccc3n(-c3ccc(-c4cccc(-c5ccccc5)c4)cc3)c2c1.c1ccc(-c2cccc(-c3ccc(-n4c5ccc(-c6ccc7c(c6)c6ccccc6n7-c6ccccc6)cc5c5cc([Si](c6ccccc6)(c6ccccc6)c6ccccc6)ccc54)cc3)c2)cc1. The Labute approximate surface area is 703 Å². The van der Waals surface area contributed by atoms with E-state index < -0.39 is 8.07 Å². The van der Waals surface area contributed by atoms with Crippen LogP contribution in [-0.2, 0) is 0 Å². The van der Waals surface area contributed by atoms with Crippen molar-refractivity contribution in [2.24, 2.45) is 0 Å². The standard InChI is InChI=1S/C66H46N2Si.C49H31N3/c1-6-19-47(20-7-1)49-21-18-22-50(43-49)48-33-37-54(38-34-48)68-65-41-36-52(51-35-40-64-60(44-51)59-31-16-17-32-63(59)67(64)53-23-8-2-9-24-53)45-61(65)62-46-58(39-42-66(62)68)69(55-25-10-3-11-26-55,56-27-12-4-13-28-56)57-29-14-5-15-30-57;50-32-33-18-25-43-45-31-39(38-21-26-47-44(30-38)42-16-7-8-17-46(42)51(47)40-14-5-2-6-15-40)22-27-48(45)52(49(43)28-33)41-23-19-35(20-24-41)37-13-9-12-36(29-37)34-10-3-1-4-11-34/h1-46H;1-31H. The fraction of sp³-hybridized carbons (Fsp3) is 0. The van der Waals surface area contributed by atoms with Gasteiger partial charge in [-0.3, -0.25) is 0 Å². The van der Waals surface area contributed by atoms with Gasteiger partial charge in [-0.05, 0) is 227 Å². The van der Waals surface area contributed by atoms with Crippen molar-refractivity contribution >= 4 is 116 Å². The Bertz CT molecular complexity index is 7800. The normalized spacial score (nSPS) is 11.6. The van der Waals surface area contributed by atoms with Crippen molar-refractivity contribution in [3.8, 4) is 95.6 Å². The lowest BCUT2D eigenvalue weighted by Crippen LogP contribution is -2.74. The van der Waals surface area contributed by atoms with Gasteiger partial charge in [0.05, 0.1) is 55.8 Å². The molecule has 0 saturated heterocycles. The Morgan fingerprint density at radius 2 is 0.413 bits per heavy atom. The van der Waals surface area contributed by atoms with E-state index in [0.717, 1.165) is 55.7 Å². The quantitative estimate of drug-likeness (QED) is 0.0790. The van der Waals surface area contributed by atoms with Crippen LogP contribution in [0.25, 0.3) is 177 Å². The highest BCUT2D eigenvalue weighted by molar-refractivity contribution is 7.20. The molecule has 0 bridgehead atoms. The van der Waals surface area contributed by atoms with Gasteiger partial charge in [-0.15, -0.1) is 0 Å². The molecule has 121 heavy (non-hydrogen) atoms. The van der Waals surface area contributed by atoms with Crippen LogP contribution in [-0.4, -0.2) is 26.3 Å². The number of rotatable bonds is 14. The van der Waals surface area contributed by atoms with E-state index in [1.807, 2.05) is 18.2 Å². The van der Waals surface area contributed by atoms with Gasteiger partial charge in [-0.25, -0.2) is 0 Å². The molecule has 0 N–H and O–H groups in total. The summed E-state index contributed by atoms with van der Waals surface area (Å²) in [6.07, 6.45) is 0. The number of aromatic nitrogens is 4. The Balaban J connectivity index is 0.000000151. The molecule has 23 rings (SSSR count). The molecule has 19 aromatic carbocycles. The molecule has 0 fully saturated rings. The van der Waals surface area contributed by atoms with Crippen molar-refractivity contribution < 1.29 is 0 Å². The van der Waals surface area contributed by atoms with Crippen LogP contribution in [0.15, 0.2) is 467 Å². The highest BCUT2D eigenvalue weighted by atomic mass is 28.3. The first-order chi connectivity index (χ1) is 59.9. The Hall–Kier alpha value is -15.9. The van der Waals surface area contributed by atoms with E-state index >= 15 is 0 Å². The highest BCUT2D eigenvalue weighted by Crippen LogP contribution is 2.43. The fourth-order valence-corrected chi connectivity index (χ4v) is 23.7. The molecule has 5 nitrogen and oxygen atoms in total. The van der Waals surface area contributed by atoms with E-state index in [1.165, 1.54) is 142 Å². The summed E-state index contributed by atoms with van der Waals surface area (Å²) in [5, 5.41) is 25.0. The second-order valence-electron chi connectivity index (χ2n) is 31.4. The van der Waals surface area contributed by atoms with Gasteiger partial charge in [-0.1, -0.05) is 328 Å². The van der Waals surface area contributed by atoms with Gasteiger partial charge >= 0.3 is 0 Å². The summed E-state index contributed by atoms with van der Waals surface area (Å²) < 4.78 is 9.50. The summed E-state index contributed by atoms with van der Waals surface area (Å²) in [6, 6.07) is 172. The molecule has 0 aliphatic rings. The zero-order valence-corrected chi connectivity index (χ0v) is 67.2. The van der Waals surface area contributed by atoms with Crippen molar-refractivity contribution in [3.05, 3.63) is 473 Å². The maximum absolute atomic E-state index is 9.87. The smallest absolute Gasteiger partial charge is 0.179 e. The molecule has 0 saturated carbocycles. The van der Waals surface area contributed by atoms with Crippen LogP contribution >= 0.6 is 0 Å². The fourth-order valence-electron chi connectivity index (χ4n) is 19.0. The average molecular weight is 1560 g/mol. The predicted octanol–water partition coefficient (Wildman–Crippen LogP) is 27.0. The molecular weight excluding hydrogens is 1480 g/mol. The lowest BCUT2D eigenvalue weighted by molar-refractivity contribution is 1.18. The molecular formula is C115H77N5Si. The van der Waals surface area contributed by atoms with Crippen LogP contribution in [0.3, 0.4) is 0 Å². The van der Waals surface area contributed by atoms with Crippen LogP contribution < -0.4 is 20.7 Å². The zero-order chi connectivity index (χ0) is 80.3. The van der Waals surface area contributed by atoms with Crippen molar-refractivity contribution in [1.82, 2.24) is 18.3 Å². The average Bonchev–Trinajstić information content (AvgIpc) is 1.58. The maximum Gasteiger partial charge on any atom is 0.179 e. The molecule has 6 heteroatoms. The molecule has 0 radical (unpaired) electrons. The first-order valence-corrected chi connectivity index (χ1v) is 43.4. The van der Waals surface area contributed by atoms with Gasteiger partial charge in [0.2, 0.25) is 0 Å². The van der Waals surface area contributed by atoms with Crippen LogP contribution in [0.1, 0.15) is 5.56 Å². The first kappa shape index (κ1) is 71.6. The Morgan fingerprint density at radius 1 is 0.157 bits per heavy atom. The Morgan fingerprint density at radius 3 is 0.785 bits per heavy atom. The lowest BCUT2D eigenvalue weighted by atomic mass is 9.99. The van der Waals surface area contributed by atoms with Gasteiger partial charge in [0.15, 0.2) is 8.07 Å². The van der Waals surface area contributed by atoms with E-state index in [0.29, 0.717) is 5.56 Å². The second kappa shape index (κ2) is 30.3. The van der Waals surface area contributed by atoms with Crippen LogP contribution in [0, 0.1) is 11.3 Å². The third-order valence-electron chi connectivity index (χ3n) is 24.6. The van der Waals surface area contributed by atoms with E-state index in [-0.39, 0.29) is 0 Å². The van der Waals surface area contributed by atoms with Crippen LogP contribution in [0.2, 0.25) is 0 Å². The van der Waals surface area contributed by atoms with Crippen molar-refractivity contribution in [2.45, 2.75) is 0 Å². The number of fused-ring (bicyclic) bond motifs is 12. The molecule has 0 spiro atoms. The summed E-state index contributed by atoms with van der Waals surface area (Å²) in [7, 11) is -2.82. The molecule has 566 valence electrons. The summed E-state index contributed by atoms with van der Waals surface area (Å²) in [4.78, 5) is 0. The summed E-state index contributed by atoms with van der Waals surface area (Å²) >= 11 is 0. The number of nitriles is 1. The second-order valence-corrected chi connectivity index (χ2v) is 35.2. The van der Waals surface area contributed by atoms with Crippen molar-refractivity contribution in [2.75, 3.05) is 0 Å². The molecule has 0 aliphatic heterocycles.